The van der Waals surface area contributed by atoms with Crippen molar-refractivity contribution in [2.75, 3.05) is 5.73 Å². The summed E-state index contributed by atoms with van der Waals surface area (Å²) in [6.45, 7) is 0. The molecule has 0 fully saturated rings. The van der Waals surface area contributed by atoms with Crippen molar-refractivity contribution in [3.8, 4) is 22.4 Å². The number of rotatable bonds is 2. The first-order valence-corrected chi connectivity index (χ1v) is 5.68. The highest BCUT2D eigenvalue weighted by Crippen LogP contribution is 2.36. The van der Waals surface area contributed by atoms with Gasteiger partial charge in [-0.25, -0.2) is 4.39 Å². The summed E-state index contributed by atoms with van der Waals surface area (Å²) >= 11 is 0. The lowest BCUT2D eigenvalue weighted by Crippen LogP contribution is -1.90. The Morgan fingerprint density at radius 3 is 2.68 bits per heavy atom. The average molecular weight is 255 g/mol. The third kappa shape index (κ3) is 1.95. The average Bonchev–Trinajstić information content (AvgIpc) is 2.82. The summed E-state index contributed by atoms with van der Waals surface area (Å²) in [6, 6.07) is 9.94. The second-order valence-corrected chi connectivity index (χ2v) is 3.99. The van der Waals surface area contributed by atoms with E-state index >= 15 is 0 Å². The zero-order valence-corrected chi connectivity index (χ0v) is 9.88. The van der Waals surface area contributed by atoms with E-state index in [2.05, 4.69) is 10.1 Å². The van der Waals surface area contributed by atoms with Gasteiger partial charge in [0.25, 0.3) is 0 Å². The van der Waals surface area contributed by atoms with E-state index in [9.17, 15) is 4.39 Å². The molecule has 94 valence electrons. The van der Waals surface area contributed by atoms with Crippen molar-refractivity contribution in [2.24, 2.45) is 0 Å². The maximum Gasteiger partial charge on any atom is 0.230 e. The van der Waals surface area contributed by atoms with Crippen molar-refractivity contribution in [1.29, 1.82) is 0 Å². The second-order valence-electron chi connectivity index (χ2n) is 3.99. The number of hydrogen-bond donors (Lipinski definition) is 1. The summed E-state index contributed by atoms with van der Waals surface area (Å²) < 4.78 is 18.8. The Balaban J connectivity index is 2.23. The normalized spacial score (nSPS) is 10.6. The topological polar surface area (TPSA) is 64.9 Å². The van der Waals surface area contributed by atoms with Crippen molar-refractivity contribution in [1.82, 2.24) is 10.1 Å². The molecule has 19 heavy (non-hydrogen) atoms. The van der Waals surface area contributed by atoms with Crippen molar-refractivity contribution in [3.63, 3.8) is 0 Å². The summed E-state index contributed by atoms with van der Waals surface area (Å²) in [6.07, 6.45) is 3.28. The molecule has 3 rings (SSSR count). The molecule has 0 aliphatic rings. The Bertz CT molecular complexity index is 710. The number of nitrogens with two attached hydrogens (primary N) is 1. The zero-order valence-electron chi connectivity index (χ0n) is 9.88. The van der Waals surface area contributed by atoms with Gasteiger partial charge >= 0.3 is 0 Å². The van der Waals surface area contributed by atoms with E-state index < -0.39 is 0 Å². The Kier molecular flexibility index (Phi) is 2.72. The molecular formula is C14H10FN3O. The minimum atomic E-state index is -0.374. The SMILES string of the molecule is Nc1onc(-c2ccccc2F)c1-c1cccnc1. The number of pyridine rings is 1. The molecule has 0 bridgehead atoms. The number of nitrogen functional groups attached to an aromatic ring is 1. The van der Waals surface area contributed by atoms with E-state index in [0.717, 1.165) is 5.56 Å². The van der Waals surface area contributed by atoms with Gasteiger partial charge in [0.15, 0.2) is 0 Å². The predicted molar refractivity (Wildman–Crippen MR) is 69.5 cm³/mol. The van der Waals surface area contributed by atoms with Crippen LogP contribution < -0.4 is 5.73 Å². The molecule has 0 radical (unpaired) electrons. The fourth-order valence-electron chi connectivity index (χ4n) is 1.93. The van der Waals surface area contributed by atoms with Gasteiger partial charge in [-0.15, -0.1) is 0 Å². The van der Waals surface area contributed by atoms with Crippen LogP contribution in [0.1, 0.15) is 0 Å². The van der Waals surface area contributed by atoms with Crippen molar-refractivity contribution < 1.29 is 8.91 Å². The van der Waals surface area contributed by atoms with E-state index in [0.29, 0.717) is 16.8 Å². The van der Waals surface area contributed by atoms with Gasteiger partial charge in [0.05, 0.1) is 5.56 Å². The molecule has 2 aromatic heterocycles. The minimum Gasteiger partial charge on any atom is -0.367 e. The fraction of sp³-hybridized carbons (Fsp3) is 0. The van der Waals surface area contributed by atoms with Crippen LogP contribution in [0, 0.1) is 5.82 Å². The summed E-state index contributed by atoms with van der Waals surface area (Å²) in [5.74, 6) is -0.229. The number of anilines is 1. The molecule has 0 aliphatic carbocycles. The van der Waals surface area contributed by atoms with Crippen molar-refractivity contribution in [3.05, 3.63) is 54.6 Å². The quantitative estimate of drug-likeness (QED) is 0.764. The molecule has 0 aliphatic heterocycles. The molecule has 0 spiro atoms. The van der Waals surface area contributed by atoms with Crippen LogP contribution in [0.4, 0.5) is 10.3 Å². The number of hydrogen-bond acceptors (Lipinski definition) is 4. The lowest BCUT2D eigenvalue weighted by Gasteiger charge is -2.03. The maximum atomic E-state index is 13.8. The molecule has 0 amide bonds. The van der Waals surface area contributed by atoms with Crippen LogP contribution in [0.15, 0.2) is 53.3 Å². The van der Waals surface area contributed by atoms with Crippen LogP contribution in [0.5, 0.6) is 0 Å². The Hall–Kier alpha value is -2.69. The number of benzene rings is 1. The van der Waals surface area contributed by atoms with Crippen molar-refractivity contribution in [2.45, 2.75) is 0 Å². The number of halogens is 1. The van der Waals surface area contributed by atoms with Crippen LogP contribution in [0.3, 0.4) is 0 Å². The predicted octanol–water partition coefficient (Wildman–Crippen LogP) is 3.12. The highest BCUT2D eigenvalue weighted by Gasteiger charge is 2.19. The van der Waals surface area contributed by atoms with E-state index in [1.807, 2.05) is 6.07 Å². The maximum absolute atomic E-state index is 13.8. The Morgan fingerprint density at radius 1 is 1.11 bits per heavy atom. The molecule has 2 heterocycles. The number of nitrogens with zero attached hydrogens (tertiary/aromatic N) is 2. The molecule has 5 heteroatoms. The van der Waals surface area contributed by atoms with Crippen LogP contribution >= 0.6 is 0 Å². The zero-order chi connectivity index (χ0) is 13.2. The first-order valence-electron chi connectivity index (χ1n) is 5.68. The molecule has 4 nitrogen and oxygen atoms in total. The highest BCUT2D eigenvalue weighted by atomic mass is 19.1. The van der Waals surface area contributed by atoms with Gasteiger partial charge in [0.1, 0.15) is 11.5 Å². The first-order chi connectivity index (χ1) is 9.27. The van der Waals surface area contributed by atoms with Gasteiger partial charge in [0.2, 0.25) is 5.88 Å². The van der Waals surface area contributed by atoms with Crippen LogP contribution in [0.25, 0.3) is 22.4 Å². The molecule has 3 aromatic rings. The summed E-state index contributed by atoms with van der Waals surface area (Å²) in [5.41, 5.74) is 7.80. The summed E-state index contributed by atoms with van der Waals surface area (Å²) in [5, 5.41) is 3.86. The van der Waals surface area contributed by atoms with Crippen LogP contribution in [-0.4, -0.2) is 10.1 Å². The monoisotopic (exact) mass is 255 g/mol. The third-order valence-electron chi connectivity index (χ3n) is 2.80. The van der Waals surface area contributed by atoms with E-state index in [4.69, 9.17) is 10.3 Å². The van der Waals surface area contributed by atoms with Gasteiger partial charge in [0, 0.05) is 23.5 Å². The largest absolute Gasteiger partial charge is 0.367 e. The van der Waals surface area contributed by atoms with Crippen LogP contribution in [0.2, 0.25) is 0 Å². The van der Waals surface area contributed by atoms with Crippen LogP contribution in [-0.2, 0) is 0 Å². The summed E-state index contributed by atoms with van der Waals surface area (Å²) in [4.78, 5) is 4.02. The molecule has 2 N–H and O–H groups in total. The molecule has 0 saturated heterocycles. The molecule has 0 atom stereocenters. The van der Waals surface area contributed by atoms with Gasteiger partial charge in [-0.05, 0) is 18.2 Å². The van der Waals surface area contributed by atoms with Crippen molar-refractivity contribution >= 4 is 5.88 Å². The first kappa shape index (κ1) is 11.4. The molecular weight excluding hydrogens is 245 g/mol. The molecule has 1 aromatic carbocycles. The smallest absolute Gasteiger partial charge is 0.230 e. The van der Waals surface area contributed by atoms with Gasteiger partial charge in [-0.2, -0.15) is 0 Å². The van der Waals surface area contributed by atoms with Gasteiger partial charge in [-0.3, -0.25) is 4.98 Å². The van der Waals surface area contributed by atoms with Gasteiger partial charge in [-0.1, -0.05) is 23.4 Å². The standard InChI is InChI=1S/C14H10FN3O/c15-11-6-2-1-5-10(11)13-12(14(16)19-18-13)9-4-3-7-17-8-9/h1-8H,16H2. The van der Waals surface area contributed by atoms with E-state index in [-0.39, 0.29) is 11.7 Å². The van der Waals surface area contributed by atoms with E-state index in [1.54, 1.807) is 36.7 Å². The highest BCUT2D eigenvalue weighted by molar-refractivity contribution is 5.86. The number of aromatic nitrogens is 2. The van der Waals surface area contributed by atoms with Gasteiger partial charge < -0.3 is 10.3 Å². The van der Waals surface area contributed by atoms with E-state index in [1.165, 1.54) is 6.07 Å². The lowest BCUT2D eigenvalue weighted by molar-refractivity contribution is 0.439. The Morgan fingerprint density at radius 2 is 1.95 bits per heavy atom. The minimum absolute atomic E-state index is 0.145. The summed E-state index contributed by atoms with van der Waals surface area (Å²) in [7, 11) is 0. The third-order valence-corrected chi connectivity index (χ3v) is 2.80. The Labute approximate surface area is 108 Å². The second kappa shape index (κ2) is 4.53. The fourth-order valence-corrected chi connectivity index (χ4v) is 1.93. The molecule has 0 unspecified atom stereocenters. The lowest BCUT2D eigenvalue weighted by atomic mass is 10.0. The molecule has 0 saturated carbocycles.